The molecule has 0 radical (unpaired) electrons. The molecule has 0 saturated carbocycles. The molecule has 3 heteroatoms. The van der Waals surface area contributed by atoms with E-state index in [-0.39, 0.29) is 12.1 Å². The second-order valence-corrected chi connectivity index (χ2v) is 8.42. The zero-order chi connectivity index (χ0) is 16.5. The van der Waals surface area contributed by atoms with Crippen molar-refractivity contribution in [3.63, 3.8) is 0 Å². The Kier molecular flexibility index (Phi) is 4.93. The SMILES string of the molecule is O[C@@H]1Cc2cc([125I])ccc2C[C@H]1N1CCC(c2ccccc2)CC1. The zero-order valence-electron chi connectivity index (χ0n) is 13.9. The second kappa shape index (κ2) is 7.14. The normalized spacial score (nSPS) is 25.4. The van der Waals surface area contributed by atoms with Crippen LogP contribution in [-0.4, -0.2) is 35.2 Å². The van der Waals surface area contributed by atoms with Gasteiger partial charge in [-0.25, -0.2) is 0 Å². The minimum absolute atomic E-state index is 0.232. The quantitative estimate of drug-likeness (QED) is 0.727. The Morgan fingerprint density at radius 3 is 2.42 bits per heavy atom. The summed E-state index contributed by atoms with van der Waals surface area (Å²) < 4.78 is 1.26. The molecule has 2 aromatic rings. The van der Waals surface area contributed by atoms with E-state index in [2.05, 4.69) is 76.0 Å². The van der Waals surface area contributed by atoms with Crippen molar-refractivity contribution in [3.05, 3.63) is 68.8 Å². The summed E-state index contributed by atoms with van der Waals surface area (Å²) in [5.74, 6) is 0.678. The average molecular weight is 431 g/mol. The molecule has 4 rings (SSSR count). The fourth-order valence-corrected chi connectivity index (χ4v) is 4.92. The summed E-state index contributed by atoms with van der Waals surface area (Å²) >= 11 is 2.36. The number of fused-ring (bicyclic) bond motifs is 1. The minimum Gasteiger partial charge on any atom is -0.391 e. The monoisotopic (exact) mass is 431 g/mol. The molecule has 0 aromatic heterocycles. The van der Waals surface area contributed by atoms with Gasteiger partial charge in [0.25, 0.3) is 0 Å². The van der Waals surface area contributed by atoms with E-state index in [0.29, 0.717) is 5.92 Å². The molecule has 2 aliphatic rings. The van der Waals surface area contributed by atoms with Crippen molar-refractivity contribution < 1.29 is 5.11 Å². The summed E-state index contributed by atoms with van der Waals surface area (Å²) in [5, 5.41) is 10.7. The molecule has 1 N–H and O–H groups in total. The van der Waals surface area contributed by atoms with Crippen molar-refractivity contribution in [2.75, 3.05) is 13.1 Å². The molecule has 0 unspecified atom stereocenters. The Morgan fingerprint density at radius 1 is 0.917 bits per heavy atom. The summed E-state index contributed by atoms with van der Waals surface area (Å²) in [7, 11) is 0. The summed E-state index contributed by atoms with van der Waals surface area (Å²) in [6.45, 7) is 2.20. The Morgan fingerprint density at radius 2 is 1.67 bits per heavy atom. The molecule has 1 aliphatic heterocycles. The summed E-state index contributed by atoms with van der Waals surface area (Å²) in [4.78, 5) is 2.53. The highest BCUT2D eigenvalue weighted by atomic mass is 125. The van der Waals surface area contributed by atoms with Crippen LogP contribution in [0.15, 0.2) is 48.5 Å². The smallest absolute Gasteiger partial charge is 0.0738 e. The number of aliphatic hydroxyl groups excluding tert-OH is 1. The molecule has 1 saturated heterocycles. The van der Waals surface area contributed by atoms with Gasteiger partial charge in [-0.2, -0.15) is 0 Å². The van der Waals surface area contributed by atoms with E-state index < -0.39 is 0 Å². The molecule has 2 aromatic carbocycles. The molecule has 0 amide bonds. The lowest BCUT2D eigenvalue weighted by atomic mass is 9.83. The number of nitrogens with zero attached hydrogens (tertiary/aromatic N) is 1. The maximum atomic E-state index is 10.7. The third-order valence-corrected chi connectivity index (χ3v) is 6.41. The van der Waals surface area contributed by atoms with Crippen LogP contribution in [0, 0.1) is 3.57 Å². The number of halogens is 1. The number of aliphatic hydroxyl groups is 1. The number of piperidine rings is 1. The van der Waals surface area contributed by atoms with Crippen molar-refractivity contribution in [3.8, 4) is 0 Å². The molecule has 1 fully saturated rings. The molecule has 1 heterocycles. The first-order chi connectivity index (χ1) is 11.7. The third-order valence-electron chi connectivity index (χ3n) is 5.74. The van der Waals surface area contributed by atoms with E-state index in [0.717, 1.165) is 25.9 Å². The zero-order valence-corrected chi connectivity index (χ0v) is 16.0. The Balaban J connectivity index is 1.43. The lowest BCUT2D eigenvalue weighted by Gasteiger charge is -2.42. The predicted octanol–water partition coefficient (Wildman–Crippen LogP) is 4.00. The van der Waals surface area contributed by atoms with Crippen LogP contribution in [0.4, 0.5) is 0 Å². The Bertz CT molecular complexity index is 694. The molecule has 24 heavy (non-hydrogen) atoms. The van der Waals surface area contributed by atoms with Gasteiger partial charge in [-0.3, -0.25) is 4.90 Å². The highest BCUT2D eigenvalue weighted by Crippen LogP contribution is 2.32. The number of hydrogen-bond donors (Lipinski definition) is 1. The van der Waals surface area contributed by atoms with E-state index in [1.807, 2.05) is 0 Å². The van der Waals surface area contributed by atoms with Crippen LogP contribution >= 0.6 is 22.6 Å². The highest BCUT2D eigenvalue weighted by molar-refractivity contribution is 14.1. The van der Waals surface area contributed by atoms with Gasteiger partial charge in [0.2, 0.25) is 0 Å². The molecule has 2 nitrogen and oxygen atoms in total. The third kappa shape index (κ3) is 3.39. The number of rotatable bonds is 2. The second-order valence-electron chi connectivity index (χ2n) is 7.18. The Labute approximate surface area is 158 Å². The lowest BCUT2D eigenvalue weighted by molar-refractivity contribution is 0.0294. The molecule has 0 spiro atoms. The number of likely N-dealkylation sites (tertiary alicyclic amines) is 1. The van der Waals surface area contributed by atoms with Crippen LogP contribution in [0.5, 0.6) is 0 Å². The molecular weight excluding hydrogens is 407 g/mol. The summed E-state index contributed by atoms with van der Waals surface area (Å²) in [6, 6.07) is 17.9. The van der Waals surface area contributed by atoms with Gasteiger partial charge in [0.15, 0.2) is 0 Å². The minimum atomic E-state index is -0.232. The van der Waals surface area contributed by atoms with Gasteiger partial charge in [-0.05, 0) is 89.7 Å². The van der Waals surface area contributed by atoms with E-state index in [1.165, 1.54) is 33.1 Å². The standard InChI is InChI=1S/C21H24INO/c22-19-7-6-17-13-20(21(24)14-18(17)12-19)23-10-8-16(9-11-23)15-4-2-1-3-5-15/h1-7,12,16,20-21,24H,8-11,13-14H2/t20-,21-/m1/s1/i22-2. The van der Waals surface area contributed by atoms with Crippen molar-refractivity contribution in [2.45, 2.75) is 43.7 Å². The van der Waals surface area contributed by atoms with Crippen molar-refractivity contribution >= 4 is 22.6 Å². The summed E-state index contributed by atoms with van der Waals surface area (Å²) in [6.07, 6.45) is 3.96. The van der Waals surface area contributed by atoms with Crippen LogP contribution in [0.1, 0.15) is 35.4 Å². The van der Waals surface area contributed by atoms with Crippen molar-refractivity contribution in [1.29, 1.82) is 0 Å². The van der Waals surface area contributed by atoms with E-state index in [4.69, 9.17) is 0 Å². The van der Waals surface area contributed by atoms with E-state index in [9.17, 15) is 5.11 Å². The van der Waals surface area contributed by atoms with E-state index in [1.54, 1.807) is 0 Å². The molecular formula is C21H24INO. The topological polar surface area (TPSA) is 23.5 Å². The van der Waals surface area contributed by atoms with Crippen LogP contribution in [0.2, 0.25) is 0 Å². The first kappa shape index (κ1) is 16.6. The summed E-state index contributed by atoms with van der Waals surface area (Å²) in [5.41, 5.74) is 4.24. The van der Waals surface area contributed by atoms with Gasteiger partial charge in [0, 0.05) is 16.0 Å². The molecule has 0 bridgehead atoms. The number of benzene rings is 2. The highest BCUT2D eigenvalue weighted by Gasteiger charge is 2.33. The van der Waals surface area contributed by atoms with Gasteiger partial charge < -0.3 is 5.11 Å². The number of hydrogen-bond acceptors (Lipinski definition) is 2. The van der Waals surface area contributed by atoms with Crippen LogP contribution in [-0.2, 0) is 12.8 Å². The van der Waals surface area contributed by atoms with Crippen LogP contribution in [0.3, 0.4) is 0 Å². The molecule has 126 valence electrons. The predicted molar refractivity (Wildman–Crippen MR) is 106 cm³/mol. The Hall–Kier alpha value is -0.910. The lowest BCUT2D eigenvalue weighted by Crippen LogP contribution is -2.50. The van der Waals surface area contributed by atoms with Gasteiger partial charge in [0.1, 0.15) is 0 Å². The van der Waals surface area contributed by atoms with E-state index >= 15 is 0 Å². The van der Waals surface area contributed by atoms with Crippen LogP contribution in [0.25, 0.3) is 0 Å². The largest absolute Gasteiger partial charge is 0.391 e. The van der Waals surface area contributed by atoms with Crippen molar-refractivity contribution in [1.82, 2.24) is 4.90 Å². The van der Waals surface area contributed by atoms with Gasteiger partial charge in [-0.15, -0.1) is 0 Å². The first-order valence-corrected chi connectivity index (χ1v) is 10.0. The maximum absolute atomic E-state index is 10.7. The fraction of sp³-hybridized carbons (Fsp3) is 0.429. The van der Waals surface area contributed by atoms with Crippen LogP contribution < -0.4 is 0 Å². The van der Waals surface area contributed by atoms with Gasteiger partial charge in [-0.1, -0.05) is 36.4 Å². The average Bonchev–Trinajstić information content (AvgIpc) is 2.62. The van der Waals surface area contributed by atoms with Gasteiger partial charge in [0.05, 0.1) is 6.10 Å². The first-order valence-electron chi connectivity index (χ1n) is 8.95. The fourth-order valence-electron chi connectivity index (χ4n) is 4.37. The molecule has 2 atom stereocenters. The maximum Gasteiger partial charge on any atom is 0.0738 e. The molecule has 1 aliphatic carbocycles. The van der Waals surface area contributed by atoms with Gasteiger partial charge >= 0.3 is 0 Å². The van der Waals surface area contributed by atoms with Crippen molar-refractivity contribution in [2.24, 2.45) is 0 Å².